The van der Waals surface area contributed by atoms with Crippen LogP contribution in [0.25, 0.3) is 5.82 Å². The smallest absolute Gasteiger partial charge is 0.223 e. The van der Waals surface area contributed by atoms with E-state index in [1.807, 2.05) is 31.5 Å². The summed E-state index contributed by atoms with van der Waals surface area (Å²) in [4.78, 5) is 18.1. The van der Waals surface area contributed by atoms with Crippen LogP contribution in [0.2, 0.25) is 0 Å². The predicted octanol–water partition coefficient (Wildman–Crippen LogP) is 1.54. The Hall–Kier alpha value is -2.81. The number of likely N-dealkylation sites (tertiary alicyclic amines) is 1. The Labute approximate surface area is 163 Å². The highest BCUT2D eigenvalue weighted by Gasteiger charge is 2.40. The van der Waals surface area contributed by atoms with E-state index >= 15 is 0 Å². The van der Waals surface area contributed by atoms with E-state index in [4.69, 9.17) is 4.52 Å². The molecule has 2 unspecified atom stereocenters. The standard InChI is InChI=1S/C19H24N8O/c1-12-4-13(2)27(23-12)19-5-18(20-11-21-19)26-8-15-6-25(7-16(15)9-26)10-17-22-14(3)28-24-17/h4-5,11,15-16H,6-10H2,1-3H3. The number of hydrogen-bond donors (Lipinski definition) is 0. The molecule has 9 nitrogen and oxygen atoms in total. The van der Waals surface area contributed by atoms with Crippen LogP contribution in [-0.2, 0) is 6.54 Å². The first-order valence-corrected chi connectivity index (χ1v) is 9.67. The quantitative estimate of drug-likeness (QED) is 0.673. The molecule has 0 N–H and O–H groups in total. The van der Waals surface area contributed by atoms with Crippen molar-refractivity contribution < 1.29 is 4.52 Å². The highest BCUT2D eigenvalue weighted by molar-refractivity contribution is 5.45. The largest absolute Gasteiger partial charge is 0.356 e. The molecular formula is C19H24N8O. The fraction of sp³-hybridized carbons (Fsp3) is 0.526. The summed E-state index contributed by atoms with van der Waals surface area (Å²) in [5.74, 6) is 4.48. The number of hydrogen-bond acceptors (Lipinski definition) is 8. The zero-order valence-corrected chi connectivity index (χ0v) is 16.4. The van der Waals surface area contributed by atoms with Gasteiger partial charge >= 0.3 is 0 Å². The summed E-state index contributed by atoms with van der Waals surface area (Å²) in [6, 6.07) is 4.10. The van der Waals surface area contributed by atoms with Crippen molar-refractivity contribution in [3.05, 3.63) is 41.6 Å². The van der Waals surface area contributed by atoms with Gasteiger partial charge in [-0.1, -0.05) is 5.16 Å². The second kappa shape index (κ2) is 6.66. The molecular weight excluding hydrogens is 356 g/mol. The van der Waals surface area contributed by atoms with E-state index in [1.165, 1.54) is 0 Å². The zero-order valence-electron chi connectivity index (χ0n) is 16.4. The third-order valence-corrected chi connectivity index (χ3v) is 5.69. The molecule has 0 aromatic carbocycles. The molecule has 2 fully saturated rings. The van der Waals surface area contributed by atoms with Crippen molar-refractivity contribution in [2.45, 2.75) is 27.3 Å². The van der Waals surface area contributed by atoms with Gasteiger partial charge in [0.15, 0.2) is 11.6 Å². The van der Waals surface area contributed by atoms with Gasteiger partial charge in [-0.3, -0.25) is 4.90 Å². The summed E-state index contributed by atoms with van der Waals surface area (Å²) in [5, 5.41) is 8.56. The first-order chi connectivity index (χ1) is 13.5. The lowest BCUT2D eigenvalue weighted by atomic mass is 10.0. The molecule has 0 radical (unpaired) electrons. The highest BCUT2D eigenvalue weighted by Crippen LogP contribution is 2.34. The fourth-order valence-electron chi connectivity index (χ4n) is 4.50. The fourth-order valence-corrected chi connectivity index (χ4v) is 4.50. The number of rotatable bonds is 4. The maximum Gasteiger partial charge on any atom is 0.223 e. The highest BCUT2D eigenvalue weighted by atomic mass is 16.5. The van der Waals surface area contributed by atoms with E-state index in [-0.39, 0.29) is 0 Å². The Balaban J connectivity index is 1.27. The average molecular weight is 380 g/mol. The Morgan fingerprint density at radius 3 is 2.39 bits per heavy atom. The molecule has 3 aromatic rings. The van der Waals surface area contributed by atoms with Crippen molar-refractivity contribution >= 4 is 5.82 Å². The van der Waals surface area contributed by atoms with Gasteiger partial charge < -0.3 is 9.42 Å². The summed E-state index contributed by atoms with van der Waals surface area (Å²) in [6.45, 7) is 10.8. The summed E-state index contributed by atoms with van der Waals surface area (Å²) in [7, 11) is 0. The first kappa shape index (κ1) is 17.3. The van der Waals surface area contributed by atoms with Gasteiger partial charge in [-0.05, 0) is 31.7 Å². The van der Waals surface area contributed by atoms with E-state index < -0.39 is 0 Å². The molecule has 5 heterocycles. The van der Waals surface area contributed by atoms with Gasteiger partial charge in [0.2, 0.25) is 5.89 Å². The number of anilines is 1. The van der Waals surface area contributed by atoms with Crippen LogP contribution >= 0.6 is 0 Å². The third kappa shape index (κ3) is 3.15. The molecule has 28 heavy (non-hydrogen) atoms. The number of aromatic nitrogens is 6. The van der Waals surface area contributed by atoms with Crippen LogP contribution < -0.4 is 4.90 Å². The Morgan fingerprint density at radius 1 is 1.00 bits per heavy atom. The van der Waals surface area contributed by atoms with Gasteiger partial charge in [0, 0.05) is 44.9 Å². The average Bonchev–Trinajstić information content (AvgIpc) is 3.40. The zero-order chi connectivity index (χ0) is 19.3. The van der Waals surface area contributed by atoms with Crippen LogP contribution in [0.1, 0.15) is 23.1 Å². The van der Waals surface area contributed by atoms with Crippen molar-refractivity contribution in [2.75, 3.05) is 31.1 Å². The summed E-state index contributed by atoms with van der Waals surface area (Å²) in [6.07, 6.45) is 1.64. The normalized spacial score (nSPS) is 22.2. The lowest BCUT2D eigenvalue weighted by molar-refractivity contribution is 0.292. The predicted molar refractivity (Wildman–Crippen MR) is 102 cm³/mol. The van der Waals surface area contributed by atoms with Crippen LogP contribution in [0.5, 0.6) is 0 Å². The third-order valence-electron chi connectivity index (χ3n) is 5.69. The van der Waals surface area contributed by atoms with Crippen LogP contribution in [0.15, 0.2) is 23.0 Å². The SMILES string of the molecule is Cc1cc(C)n(-c2cc(N3CC4CN(Cc5noc(C)n5)CC4C3)ncn2)n1. The molecule has 5 rings (SSSR count). The summed E-state index contributed by atoms with van der Waals surface area (Å²) < 4.78 is 6.96. The minimum atomic E-state index is 0.628. The molecule has 3 aromatic heterocycles. The van der Waals surface area contributed by atoms with E-state index in [1.54, 1.807) is 6.33 Å². The van der Waals surface area contributed by atoms with Gasteiger partial charge in [-0.15, -0.1) is 0 Å². The van der Waals surface area contributed by atoms with Crippen LogP contribution in [0.3, 0.4) is 0 Å². The molecule has 0 saturated carbocycles. The van der Waals surface area contributed by atoms with Crippen LogP contribution in [0, 0.1) is 32.6 Å². The summed E-state index contributed by atoms with van der Waals surface area (Å²) in [5.41, 5.74) is 2.07. The van der Waals surface area contributed by atoms with Gasteiger partial charge in [0.1, 0.15) is 12.1 Å². The Bertz CT molecular complexity index is 981. The van der Waals surface area contributed by atoms with E-state index in [9.17, 15) is 0 Å². The maximum absolute atomic E-state index is 5.08. The minimum Gasteiger partial charge on any atom is -0.356 e. The first-order valence-electron chi connectivity index (χ1n) is 9.67. The van der Waals surface area contributed by atoms with Gasteiger partial charge in [-0.25, -0.2) is 14.6 Å². The van der Waals surface area contributed by atoms with Crippen molar-refractivity contribution in [1.82, 2.24) is 34.8 Å². The molecule has 9 heteroatoms. The maximum atomic E-state index is 5.08. The van der Waals surface area contributed by atoms with Crippen molar-refractivity contribution in [2.24, 2.45) is 11.8 Å². The van der Waals surface area contributed by atoms with Crippen molar-refractivity contribution in [3.8, 4) is 5.82 Å². The molecule has 0 bridgehead atoms. The molecule has 0 aliphatic carbocycles. The number of aryl methyl sites for hydroxylation is 3. The number of nitrogens with zero attached hydrogens (tertiary/aromatic N) is 8. The second-order valence-corrected chi connectivity index (χ2v) is 7.92. The van der Waals surface area contributed by atoms with Crippen LogP contribution in [0.4, 0.5) is 5.82 Å². The van der Waals surface area contributed by atoms with Gasteiger partial charge in [0.25, 0.3) is 0 Å². The van der Waals surface area contributed by atoms with Gasteiger partial charge in [0.05, 0.1) is 12.2 Å². The van der Waals surface area contributed by atoms with E-state index in [0.717, 1.165) is 61.6 Å². The molecule has 2 aliphatic rings. The second-order valence-electron chi connectivity index (χ2n) is 7.92. The lowest BCUT2D eigenvalue weighted by Gasteiger charge is -2.21. The molecule has 146 valence electrons. The molecule has 0 spiro atoms. The van der Waals surface area contributed by atoms with E-state index in [2.05, 4.69) is 41.1 Å². The minimum absolute atomic E-state index is 0.628. The molecule has 0 amide bonds. The Morgan fingerprint density at radius 2 is 1.75 bits per heavy atom. The van der Waals surface area contributed by atoms with Crippen molar-refractivity contribution in [1.29, 1.82) is 0 Å². The number of fused-ring (bicyclic) bond motifs is 1. The topological polar surface area (TPSA) is 89.0 Å². The molecule has 2 atom stereocenters. The monoisotopic (exact) mass is 380 g/mol. The van der Waals surface area contributed by atoms with E-state index in [0.29, 0.717) is 17.7 Å². The summed E-state index contributed by atoms with van der Waals surface area (Å²) >= 11 is 0. The molecule has 2 saturated heterocycles. The molecule has 2 aliphatic heterocycles. The van der Waals surface area contributed by atoms with Crippen molar-refractivity contribution in [3.63, 3.8) is 0 Å². The Kier molecular flexibility index (Phi) is 4.12. The van der Waals surface area contributed by atoms with Crippen LogP contribution in [-0.4, -0.2) is 61.0 Å². The lowest BCUT2D eigenvalue weighted by Crippen LogP contribution is -2.29. The van der Waals surface area contributed by atoms with Gasteiger partial charge in [-0.2, -0.15) is 10.1 Å².